The van der Waals surface area contributed by atoms with Gasteiger partial charge in [-0.15, -0.1) is 0 Å². The van der Waals surface area contributed by atoms with E-state index in [0.29, 0.717) is 23.0 Å². The highest BCUT2D eigenvalue weighted by Gasteiger charge is 2.30. The van der Waals surface area contributed by atoms with Crippen molar-refractivity contribution in [3.05, 3.63) is 23.8 Å². The maximum Gasteiger partial charge on any atom is 0.166 e. The summed E-state index contributed by atoms with van der Waals surface area (Å²) in [5, 5.41) is 0. The van der Waals surface area contributed by atoms with Crippen molar-refractivity contribution >= 4 is 5.78 Å². The van der Waals surface area contributed by atoms with Crippen LogP contribution in [0.4, 0.5) is 0 Å². The lowest BCUT2D eigenvalue weighted by Crippen LogP contribution is -2.26. The topological polar surface area (TPSA) is 35.5 Å². The quantitative estimate of drug-likeness (QED) is 0.781. The van der Waals surface area contributed by atoms with Crippen LogP contribution in [-0.2, 0) is 0 Å². The molecule has 3 nitrogen and oxygen atoms in total. The molecule has 110 valence electrons. The van der Waals surface area contributed by atoms with Gasteiger partial charge in [0.25, 0.3) is 0 Å². The van der Waals surface area contributed by atoms with Crippen LogP contribution in [0.2, 0.25) is 0 Å². The van der Waals surface area contributed by atoms with Crippen LogP contribution in [-0.4, -0.2) is 20.0 Å². The van der Waals surface area contributed by atoms with Gasteiger partial charge in [0.1, 0.15) is 11.5 Å². The largest absolute Gasteiger partial charge is 0.497 e. The lowest BCUT2D eigenvalue weighted by Gasteiger charge is -2.31. The Bertz CT molecular complexity index is 459. The summed E-state index contributed by atoms with van der Waals surface area (Å²) in [6.45, 7) is 4.52. The lowest BCUT2D eigenvalue weighted by molar-refractivity contribution is 0.0837. The first-order chi connectivity index (χ1) is 9.55. The fraction of sp³-hybridized carbons (Fsp3) is 0.588. The molecule has 0 spiro atoms. The first-order valence-corrected chi connectivity index (χ1v) is 7.32. The predicted molar refractivity (Wildman–Crippen MR) is 79.5 cm³/mol. The van der Waals surface area contributed by atoms with Crippen molar-refractivity contribution in [2.45, 2.75) is 33.1 Å². The molecule has 0 N–H and O–H groups in total. The molecule has 1 fully saturated rings. The van der Waals surface area contributed by atoms with E-state index in [4.69, 9.17) is 9.47 Å². The van der Waals surface area contributed by atoms with Gasteiger partial charge in [-0.25, -0.2) is 0 Å². The van der Waals surface area contributed by atoms with E-state index in [2.05, 4.69) is 13.8 Å². The molecule has 0 heterocycles. The minimum Gasteiger partial charge on any atom is -0.497 e. The molecule has 3 atom stereocenters. The van der Waals surface area contributed by atoms with Gasteiger partial charge in [-0.3, -0.25) is 4.79 Å². The van der Waals surface area contributed by atoms with E-state index in [1.807, 2.05) is 12.1 Å². The van der Waals surface area contributed by atoms with Gasteiger partial charge >= 0.3 is 0 Å². The third kappa shape index (κ3) is 3.14. The lowest BCUT2D eigenvalue weighted by atomic mass is 9.73. The highest BCUT2D eigenvalue weighted by atomic mass is 16.5. The van der Waals surface area contributed by atoms with Crippen LogP contribution in [0.25, 0.3) is 0 Å². The summed E-state index contributed by atoms with van der Waals surface area (Å²) in [6.07, 6.45) is 3.11. The first kappa shape index (κ1) is 14.9. The molecular formula is C17H24O3. The number of ketones is 1. The fourth-order valence-corrected chi connectivity index (χ4v) is 2.97. The molecule has 0 saturated heterocycles. The summed E-state index contributed by atoms with van der Waals surface area (Å²) in [5.74, 6) is 3.04. The Balaban J connectivity index is 2.20. The maximum absolute atomic E-state index is 12.7. The molecular weight excluding hydrogens is 252 g/mol. The molecule has 0 radical (unpaired) electrons. The Morgan fingerprint density at radius 3 is 2.10 bits per heavy atom. The molecule has 20 heavy (non-hydrogen) atoms. The fourth-order valence-electron chi connectivity index (χ4n) is 2.97. The van der Waals surface area contributed by atoms with E-state index in [-0.39, 0.29) is 11.7 Å². The van der Waals surface area contributed by atoms with Gasteiger partial charge in [-0.05, 0) is 43.2 Å². The zero-order valence-electron chi connectivity index (χ0n) is 12.8. The molecule has 1 aliphatic rings. The highest BCUT2D eigenvalue weighted by molar-refractivity contribution is 5.98. The minimum absolute atomic E-state index is 0.137. The van der Waals surface area contributed by atoms with Crippen molar-refractivity contribution in [1.82, 2.24) is 0 Å². The number of rotatable bonds is 4. The average molecular weight is 276 g/mol. The number of carbonyl (C=O) groups excluding carboxylic acids is 1. The first-order valence-electron chi connectivity index (χ1n) is 7.32. The van der Waals surface area contributed by atoms with Crippen molar-refractivity contribution in [2.75, 3.05) is 14.2 Å². The minimum atomic E-state index is 0.137. The van der Waals surface area contributed by atoms with Gasteiger partial charge < -0.3 is 9.47 Å². The standard InChI is InChI=1S/C17H24O3/c1-11-5-6-13(7-12(11)2)17(18)14-8-15(19-3)10-16(9-14)20-4/h8-13H,5-7H2,1-4H3. The molecule has 0 aliphatic heterocycles. The summed E-state index contributed by atoms with van der Waals surface area (Å²) >= 11 is 0. The van der Waals surface area contributed by atoms with Crippen molar-refractivity contribution in [3.63, 3.8) is 0 Å². The van der Waals surface area contributed by atoms with Gasteiger partial charge in [0.2, 0.25) is 0 Å². The molecule has 1 aliphatic carbocycles. The number of hydrogen-bond acceptors (Lipinski definition) is 3. The summed E-state index contributed by atoms with van der Waals surface area (Å²) < 4.78 is 10.5. The van der Waals surface area contributed by atoms with E-state index in [9.17, 15) is 4.79 Å². The highest BCUT2D eigenvalue weighted by Crippen LogP contribution is 2.36. The van der Waals surface area contributed by atoms with Crippen molar-refractivity contribution < 1.29 is 14.3 Å². The Labute approximate surface area is 121 Å². The van der Waals surface area contributed by atoms with E-state index in [0.717, 1.165) is 25.2 Å². The van der Waals surface area contributed by atoms with Crippen LogP contribution in [0.1, 0.15) is 43.5 Å². The molecule has 1 aromatic rings. The van der Waals surface area contributed by atoms with Crippen LogP contribution in [0.3, 0.4) is 0 Å². The molecule has 3 unspecified atom stereocenters. The molecule has 2 rings (SSSR count). The maximum atomic E-state index is 12.7. The monoisotopic (exact) mass is 276 g/mol. The Hall–Kier alpha value is -1.51. The smallest absolute Gasteiger partial charge is 0.166 e. The van der Waals surface area contributed by atoms with E-state index in [1.54, 1.807) is 20.3 Å². The Morgan fingerprint density at radius 1 is 1.00 bits per heavy atom. The molecule has 0 aromatic heterocycles. The van der Waals surface area contributed by atoms with Gasteiger partial charge in [0, 0.05) is 17.5 Å². The molecule has 1 saturated carbocycles. The predicted octanol–water partition coefficient (Wildman–Crippen LogP) is 3.96. The van der Waals surface area contributed by atoms with Gasteiger partial charge in [-0.1, -0.05) is 13.8 Å². The van der Waals surface area contributed by atoms with E-state index >= 15 is 0 Å². The number of methoxy groups -OCH3 is 2. The SMILES string of the molecule is COc1cc(OC)cc(C(=O)C2CCC(C)C(C)C2)c1. The number of carbonyl (C=O) groups is 1. The average Bonchev–Trinajstić information content (AvgIpc) is 2.48. The summed E-state index contributed by atoms with van der Waals surface area (Å²) in [6, 6.07) is 5.42. The third-order valence-corrected chi connectivity index (χ3v) is 4.60. The van der Waals surface area contributed by atoms with Crippen LogP contribution in [0, 0.1) is 17.8 Å². The Morgan fingerprint density at radius 2 is 1.60 bits per heavy atom. The van der Waals surface area contributed by atoms with Gasteiger partial charge in [0.15, 0.2) is 5.78 Å². The molecule has 1 aromatic carbocycles. The second kappa shape index (κ2) is 6.29. The van der Waals surface area contributed by atoms with E-state index < -0.39 is 0 Å². The van der Waals surface area contributed by atoms with Gasteiger partial charge in [-0.2, -0.15) is 0 Å². The normalized spacial score (nSPS) is 26.1. The third-order valence-electron chi connectivity index (χ3n) is 4.60. The Kier molecular flexibility index (Phi) is 4.69. The van der Waals surface area contributed by atoms with Crippen LogP contribution in [0.15, 0.2) is 18.2 Å². The zero-order valence-corrected chi connectivity index (χ0v) is 12.8. The zero-order chi connectivity index (χ0) is 14.7. The molecule has 3 heteroatoms. The second-order valence-corrected chi connectivity index (χ2v) is 5.93. The summed E-state index contributed by atoms with van der Waals surface area (Å²) in [4.78, 5) is 12.7. The van der Waals surface area contributed by atoms with Crippen LogP contribution >= 0.6 is 0 Å². The number of hydrogen-bond donors (Lipinski definition) is 0. The van der Waals surface area contributed by atoms with Crippen LogP contribution in [0.5, 0.6) is 11.5 Å². The molecule has 0 amide bonds. The number of Topliss-reactive ketones (excluding diaryl/α,β-unsaturated/α-hetero) is 1. The van der Waals surface area contributed by atoms with Gasteiger partial charge in [0.05, 0.1) is 14.2 Å². The number of benzene rings is 1. The van der Waals surface area contributed by atoms with Crippen molar-refractivity contribution in [2.24, 2.45) is 17.8 Å². The summed E-state index contributed by atoms with van der Waals surface area (Å²) in [7, 11) is 3.21. The molecule has 0 bridgehead atoms. The second-order valence-electron chi connectivity index (χ2n) is 5.93. The summed E-state index contributed by atoms with van der Waals surface area (Å²) in [5.41, 5.74) is 0.702. The van der Waals surface area contributed by atoms with Crippen molar-refractivity contribution in [1.29, 1.82) is 0 Å². The van der Waals surface area contributed by atoms with E-state index in [1.165, 1.54) is 0 Å². The van der Waals surface area contributed by atoms with Crippen LogP contribution < -0.4 is 9.47 Å². The van der Waals surface area contributed by atoms with Crippen molar-refractivity contribution in [3.8, 4) is 11.5 Å². The number of ether oxygens (including phenoxy) is 2.